The molecule has 0 saturated carbocycles. The van der Waals surface area contributed by atoms with Crippen LogP contribution in [0.3, 0.4) is 0 Å². The molecule has 4 nitrogen and oxygen atoms in total. The number of aliphatic hydroxyl groups is 1. The summed E-state index contributed by atoms with van der Waals surface area (Å²) >= 11 is 0. The number of rotatable bonds is 3. The molecule has 0 aliphatic rings. The molecule has 1 aromatic carbocycles. The van der Waals surface area contributed by atoms with Gasteiger partial charge in [-0.05, 0) is 49.7 Å². The van der Waals surface area contributed by atoms with Gasteiger partial charge in [-0.3, -0.25) is 4.79 Å². The molecule has 4 heteroatoms. The molecular weight excluding hydrogens is 266 g/mol. The lowest BCUT2D eigenvalue weighted by Crippen LogP contribution is -2.11. The van der Waals surface area contributed by atoms with Crippen LogP contribution in [0, 0.1) is 25.7 Å². The van der Waals surface area contributed by atoms with Crippen LogP contribution in [0.2, 0.25) is 0 Å². The van der Waals surface area contributed by atoms with Gasteiger partial charge in [-0.15, -0.1) is 0 Å². The number of aliphatic hydroxyl groups excluding tert-OH is 1. The highest BCUT2D eigenvalue weighted by atomic mass is 16.3. The Hall–Kier alpha value is -2.51. The van der Waals surface area contributed by atoms with Crippen LogP contribution in [-0.4, -0.2) is 17.6 Å². The lowest BCUT2D eigenvalue weighted by atomic mass is 10.1. The molecule has 2 N–H and O–H groups in total. The number of hydrogen-bond acceptors (Lipinski definition) is 3. The average molecular weight is 283 g/mol. The van der Waals surface area contributed by atoms with Gasteiger partial charge in [-0.25, -0.2) is 0 Å². The fraction of sp³-hybridized carbons (Fsp3) is 0.235. The second-order valence-electron chi connectivity index (χ2n) is 4.67. The van der Waals surface area contributed by atoms with Gasteiger partial charge in [0.05, 0.1) is 6.61 Å². The van der Waals surface area contributed by atoms with Crippen molar-refractivity contribution in [1.29, 1.82) is 0 Å². The number of benzene rings is 1. The van der Waals surface area contributed by atoms with Crippen molar-refractivity contribution in [3.63, 3.8) is 0 Å². The van der Waals surface area contributed by atoms with Crippen molar-refractivity contribution in [2.75, 3.05) is 11.9 Å². The molecule has 0 bridgehead atoms. The summed E-state index contributed by atoms with van der Waals surface area (Å²) in [6.07, 6.45) is 0.454. The number of amides is 1. The van der Waals surface area contributed by atoms with Gasteiger partial charge in [0.1, 0.15) is 5.76 Å². The van der Waals surface area contributed by atoms with Gasteiger partial charge in [0.15, 0.2) is 5.76 Å². The highest BCUT2D eigenvalue weighted by Crippen LogP contribution is 2.18. The van der Waals surface area contributed by atoms with Gasteiger partial charge in [-0.2, -0.15) is 0 Å². The standard InChI is InChI=1S/C17H17NO3/c1-12-11-14(5-3-4-10-19)7-8-15(12)18-17(20)16-9-6-13(2)21-16/h6-9,11,19H,4,10H2,1-2H3,(H,18,20). The fourth-order valence-electron chi connectivity index (χ4n) is 1.84. The van der Waals surface area contributed by atoms with Crippen molar-refractivity contribution in [1.82, 2.24) is 0 Å². The average Bonchev–Trinajstić information content (AvgIpc) is 2.89. The van der Waals surface area contributed by atoms with E-state index in [9.17, 15) is 4.79 Å². The normalized spacial score (nSPS) is 9.86. The summed E-state index contributed by atoms with van der Waals surface area (Å²) in [6, 6.07) is 8.94. The summed E-state index contributed by atoms with van der Waals surface area (Å²) in [5, 5.41) is 11.5. The summed E-state index contributed by atoms with van der Waals surface area (Å²) in [4.78, 5) is 12.0. The Bertz CT molecular complexity index is 704. The first-order chi connectivity index (χ1) is 10.1. The second kappa shape index (κ2) is 6.78. The Kier molecular flexibility index (Phi) is 4.81. The summed E-state index contributed by atoms with van der Waals surface area (Å²) in [7, 11) is 0. The molecule has 0 aliphatic heterocycles. The topological polar surface area (TPSA) is 62.5 Å². The van der Waals surface area contributed by atoms with E-state index >= 15 is 0 Å². The maximum atomic E-state index is 12.0. The van der Waals surface area contributed by atoms with Crippen LogP contribution in [0.5, 0.6) is 0 Å². The first-order valence-corrected chi connectivity index (χ1v) is 6.68. The zero-order chi connectivity index (χ0) is 15.2. The molecular formula is C17H17NO3. The molecule has 21 heavy (non-hydrogen) atoms. The SMILES string of the molecule is Cc1ccc(C(=O)Nc2ccc(C#CCCO)cc2C)o1. The smallest absolute Gasteiger partial charge is 0.291 e. The Morgan fingerprint density at radius 3 is 2.71 bits per heavy atom. The third kappa shape index (κ3) is 3.98. The Morgan fingerprint density at radius 1 is 1.29 bits per heavy atom. The first-order valence-electron chi connectivity index (χ1n) is 6.68. The van der Waals surface area contributed by atoms with Crippen molar-refractivity contribution in [3.05, 3.63) is 53.0 Å². The van der Waals surface area contributed by atoms with Crippen LogP contribution in [-0.2, 0) is 0 Å². The number of aryl methyl sites for hydroxylation is 2. The highest BCUT2D eigenvalue weighted by Gasteiger charge is 2.11. The number of carbonyl (C=O) groups excluding carboxylic acids is 1. The molecule has 0 saturated heterocycles. The molecule has 0 aliphatic carbocycles. The maximum Gasteiger partial charge on any atom is 0.291 e. The van der Waals surface area contributed by atoms with Crippen molar-refractivity contribution in [2.24, 2.45) is 0 Å². The number of nitrogens with one attached hydrogen (secondary N) is 1. The summed E-state index contributed by atoms with van der Waals surface area (Å²) in [5.74, 6) is 6.54. The van der Waals surface area contributed by atoms with Crippen LogP contribution < -0.4 is 5.32 Å². The number of furan rings is 1. The van der Waals surface area contributed by atoms with E-state index in [-0.39, 0.29) is 12.5 Å². The van der Waals surface area contributed by atoms with Gasteiger partial charge in [0.25, 0.3) is 5.91 Å². The van der Waals surface area contributed by atoms with E-state index in [0.717, 1.165) is 16.8 Å². The van der Waals surface area contributed by atoms with Crippen LogP contribution in [0.25, 0.3) is 0 Å². The monoisotopic (exact) mass is 283 g/mol. The lowest BCUT2D eigenvalue weighted by molar-refractivity contribution is 0.0995. The molecule has 1 aromatic heterocycles. The van der Waals surface area contributed by atoms with E-state index < -0.39 is 0 Å². The van der Waals surface area contributed by atoms with Crippen molar-refractivity contribution in [2.45, 2.75) is 20.3 Å². The molecule has 0 unspecified atom stereocenters. The molecule has 2 aromatic rings. The van der Waals surface area contributed by atoms with Crippen molar-refractivity contribution in [3.8, 4) is 11.8 Å². The van der Waals surface area contributed by atoms with Gasteiger partial charge < -0.3 is 14.8 Å². The molecule has 108 valence electrons. The summed E-state index contributed by atoms with van der Waals surface area (Å²) < 4.78 is 5.29. The van der Waals surface area contributed by atoms with E-state index in [0.29, 0.717) is 17.9 Å². The van der Waals surface area contributed by atoms with E-state index in [2.05, 4.69) is 17.2 Å². The van der Waals surface area contributed by atoms with Crippen LogP contribution in [0.4, 0.5) is 5.69 Å². The molecule has 0 spiro atoms. The number of hydrogen-bond donors (Lipinski definition) is 2. The Morgan fingerprint density at radius 2 is 2.10 bits per heavy atom. The number of carbonyl (C=O) groups is 1. The summed E-state index contributed by atoms with van der Waals surface area (Å²) in [5.41, 5.74) is 2.50. The molecule has 2 rings (SSSR count). The van der Waals surface area contributed by atoms with E-state index in [1.807, 2.05) is 25.1 Å². The van der Waals surface area contributed by atoms with Gasteiger partial charge in [0, 0.05) is 17.7 Å². The van der Waals surface area contributed by atoms with E-state index in [1.165, 1.54) is 0 Å². The van der Waals surface area contributed by atoms with Crippen molar-refractivity contribution >= 4 is 11.6 Å². The highest BCUT2D eigenvalue weighted by molar-refractivity contribution is 6.02. The molecule has 0 radical (unpaired) electrons. The van der Waals surface area contributed by atoms with Gasteiger partial charge in [0.2, 0.25) is 0 Å². The quantitative estimate of drug-likeness (QED) is 0.851. The summed E-state index contributed by atoms with van der Waals surface area (Å²) in [6.45, 7) is 3.75. The van der Waals surface area contributed by atoms with Crippen LogP contribution >= 0.6 is 0 Å². The minimum atomic E-state index is -0.273. The van der Waals surface area contributed by atoms with Crippen LogP contribution in [0.1, 0.15) is 33.9 Å². The number of anilines is 1. The molecule has 1 amide bonds. The minimum absolute atomic E-state index is 0.0582. The predicted octanol–water partition coefficient (Wildman–Crippen LogP) is 2.88. The largest absolute Gasteiger partial charge is 0.456 e. The van der Waals surface area contributed by atoms with Gasteiger partial charge >= 0.3 is 0 Å². The molecule has 1 heterocycles. The molecule has 0 atom stereocenters. The second-order valence-corrected chi connectivity index (χ2v) is 4.67. The van der Waals surface area contributed by atoms with E-state index in [1.54, 1.807) is 19.1 Å². The first kappa shape index (κ1) is 14.9. The maximum absolute atomic E-state index is 12.0. The van der Waals surface area contributed by atoms with E-state index in [4.69, 9.17) is 9.52 Å². The van der Waals surface area contributed by atoms with Gasteiger partial charge in [-0.1, -0.05) is 11.8 Å². The zero-order valence-electron chi connectivity index (χ0n) is 12.1. The Balaban J connectivity index is 2.11. The predicted molar refractivity (Wildman–Crippen MR) is 81.2 cm³/mol. The molecule has 0 fully saturated rings. The lowest BCUT2D eigenvalue weighted by Gasteiger charge is -2.07. The zero-order valence-corrected chi connectivity index (χ0v) is 12.1. The van der Waals surface area contributed by atoms with Crippen molar-refractivity contribution < 1.29 is 14.3 Å². The van der Waals surface area contributed by atoms with Crippen LogP contribution in [0.15, 0.2) is 34.7 Å². The third-order valence-corrected chi connectivity index (χ3v) is 2.91. The fourth-order valence-corrected chi connectivity index (χ4v) is 1.84. The minimum Gasteiger partial charge on any atom is -0.456 e. The Labute approximate surface area is 123 Å². The third-order valence-electron chi connectivity index (χ3n) is 2.91.